The van der Waals surface area contributed by atoms with E-state index in [0.717, 1.165) is 4.90 Å². The Kier molecular flexibility index (Phi) is 3.73. The first-order chi connectivity index (χ1) is 8.66. The number of ketones is 1. The van der Waals surface area contributed by atoms with Crippen LogP contribution in [0.15, 0.2) is 41.7 Å². The van der Waals surface area contributed by atoms with Gasteiger partial charge in [-0.05, 0) is 12.1 Å². The quantitative estimate of drug-likeness (QED) is 0.387. The zero-order chi connectivity index (χ0) is 13.0. The second-order valence-electron chi connectivity index (χ2n) is 3.42. The molecule has 0 amide bonds. The summed E-state index contributed by atoms with van der Waals surface area (Å²) in [6.45, 7) is 0. The summed E-state index contributed by atoms with van der Waals surface area (Å²) in [5.74, 6) is 0.0479. The molecule has 7 heteroatoms. The number of aromatic nitrogens is 2. The molecule has 0 saturated heterocycles. The van der Waals surface area contributed by atoms with E-state index >= 15 is 0 Å². The number of hydrogen-bond donors (Lipinski definition) is 1. The normalized spacial score (nSPS) is 10.2. The summed E-state index contributed by atoms with van der Waals surface area (Å²) in [5, 5.41) is 10.5. The number of aromatic amines is 1. The molecule has 92 valence electrons. The van der Waals surface area contributed by atoms with Gasteiger partial charge in [0.05, 0.1) is 22.6 Å². The number of thioether (sulfide) groups is 1. The van der Waals surface area contributed by atoms with Crippen LogP contribution in [0.2, 0.25) is 0 Å². The molecule has 0 aliphatic carbocycles. The highest BCUT2D eigenvalue weighted by atomic mass is 32.2. The molecule has 2 aromatic heterocycles. The van der Waals surface area contributed by atoms with Crippen LogP contribution in [0.4, 0.5) is 5.69 Å². The molecule has 18 heavy (non-hydrogen) atoms. The van der Waals surface area contributed by atoms with E-state index in [1.165, 1.54) is 24.0 Å². The van der Waals surface area contributed by atoms with Crippen LogP contribution in [-0.4, -0.2) is 26.4 Å². The summed E-state index contributed by atoms with van der Waals surface area (Å²) in [7, 11) is 0. The highest BCUT2D eigenvalue weighted by Gasteiger charge is 2.14. The number of nitrogens with one attached hydrogen (secondary N) is 1. The van der Waals surface area contributed by atoms with Crippen molar-refractivity contribution < 1.29 is 9.72 Å². The maximum Gasteiger partial charge on any atom is 0.287 e. The van der Waals surface area contributed by atoms with Gasteiger partial charge in [0.15, 0.2) is 5.78 Å². The Morgan fingerprint density at radius 3 is 2.78 bits per heavy atom. The summed E-state index contributed by atoms with van der Waals surface area (Å²) in [6, 6.07) is 4.85. The number of H-pyrrole nitrogens is 1. The number of nitro groups is 1. The fourth-order valence-corrected chi connectivity index (χ4v) is 2.08. The Morgan fingerprint density at radius 2 is 2.17 bits per heavy atom. The summed E-state index contributed by atoms with van der Waals surface area (Å²) < 4.78 is 0. The van der Waals surface area contributed by atoms with Crippen molar-refractivity contribution >= 4 is 23.2 Å². The van der Waals surface area contributed by atoms with Gasteiger partial charge in [0.2, 0.25) is 0 Å². The van der Waals surface area contributed by atoms with Crippen LogP contribution in [0.5, 0.6) is 0 Å². The first-order valence-electron chi connectivity index (χ1n) is 5.05. The fourth-order valence-electron chi connectivity index (χ4n) is 1.31. The molecule has 0 aliphatic heterocycles. The molecule has 0 spiro atoms. The molecule has 0 aromatic carbocycles. The summed E-state index contributed by atoms with van der Waals surface area (Å²) >= 11 is 1.36. The first-order valence-corrected chi connectivity index (χ1v) is 6.04. The second-order valence-corrected chi connectivity index (χ2v) is 4.47. The van der Waals surface area contributed by atoms with E-state index < -0.39 is 4.92 Å². The van der Waals surface area contributed by atoms with E-state index in [9.17, 15) is 14.9 Å². The summed E-state index contributed by atoms with van der Waals surface area (Å²) in [6.07, 6.45) is 4.50. The van der Waals surface area contributed by atoms with Crippen molar-refractivity contribution in [2.24, 2.45) is 0 Å². The largest absolute Gasteiger partial charge is 0.353 e. The third kappa shape index (κ3) is 2.95. The Hall–Kier alpha value is -2.15. The van der Waals surface area contributed by atoms with Gasteiger partial charge < -0.3 is 4.98 Å². The molecule has 0 bridgehead atoms. The average molecular weight is 263 g/mol. The van der Waals surface area contributed by atoms with E-state index in [1.54, 1.807) is 24.5 Å². The van der Waals surface area contributed by atoms with Crippen molar-refractivity contribution in [2.75, 3.05) is 5.75 Å². The third-order valence-corrected chi connectivity index (χ3v) is 3.21. The van der Waals surface area contributed by atoms with E-state index in [0.29, 0.717) is 0 Å². The zero-order valence-electron chi connectivity index (χ0n) is 9.20. The van der Waals surface area contributed by atoms with E-state index in [4.69, 9.17) is 0 Å². The van der Waals surface area contributed by atoms with E-state index in [-0.39, 0.29) is 22.9 Å². The monoisotopic (exact) mass is 263 g/mol. The minimum atomic E-state index is -0.538. The molecule has 2 heterocycles. The van der Waals surface area contributed by atoms with Gasteiger partial charge in [0, 0.05) is 23.4 Å². The van der Waals surface area contributed by atoms with Crippen molar-refractivity contribution in [3.8, 4) is 0 Å². The van der Waals surface area contributed by atoms with Crippen molar-refractivity contribution in [1.29, 1.82) is 0 Å². The number of pyridine rings is 1. The second kappa shape index (κ2) is 5.46. The van der Waals surface area contributed by atoms with Crippen LogP contribution in [0.3, 0.4) is 0 Å². The molecular formula is C11H9N3O3S. The van der Waals surface area contributed by atoms with Gasteiger partial charge in [-0.1, -0.05) is 0 Å². The van der Waals surface area contributed by atoms with Crippen molar-refractivity contribution in [1.82, 2.24) is 9.97 Å². The lowest BCUT2D eigenvalue weighted by atomic mass is 10.3. The standard InChI is InChI=1S/C11H9N3O3S/c15-11(7-18-9-1-3-12-4-2-9)10-5-8(6-13-10)14(16)17/h1-6,13H,7H2. The Morgan fingerprint density at radius 1 is 1.44 bits per heavy atom. The minimum Gasteiger partial charge on any atom is -0.353 e. The highest BCUT2D eigenvalue weighted by Crippen LogP contribution is 2.19. The summed E-state index contributed by atoms with van der Waals surface area (Å²) in [4.78, 5) is 29.1. The topological polar surface area (TPSA) is 88.9 Å². The molecular weight excluding hydrogens is 254 g/mol. The Balaban J connectivity index is 1.97. The number of carbonyl (C=O) groups is 1. The van der Waals surface area contributed by atoms with Crippen LogP contribution in [0.25, 0.3) is 0 Å². The molecule has 0 unspecified atom stereocenters. The number of rotatable bonds is 5. The van der Waals surface area contributed by atoms with Crippen LogP contribution in [0.1, 0.15) is 10.5 Å². The molecule has 6 nitrogen and oxygen atoms in total. The van der Waals surface area contributed by atoms with E-state index in [1.807, 2.05) is 0 Å². The number of nitrogens with zero attached hydrogens (tertiary/aromatic N) is 2. The zero-order valence-corrected chi connectivity index (χ0v) is 10.0. The number of carbonyl (C=O) groups excluding carboxylic acids is 1. The van der Waals surface area contributed by atoms with Crippen molar-refractivity contribution in [3.63, 3.8) is 0 Å². The van der Waals surface area contributed by atoms with Crippen LogP contribution < -0.4 is 0 Å². The summed E-state index contributed by atoms with van der Waals surface area (Å²) in [5.41, 5.74) is 0.149. The molecule has 0 aliphatic rings. The highest BCUT2D eigenvalue weighted by molar-refractivity contribution is 8.00. The smallest absolute Gasteiger partial charge is 0.287 e. The third-order valence-electron chi connectivity index (χ3n) is 2.20. The first kappa shape index (κ1) is 12.3. The van der Waals surface area contributed by atoms with Crippen molar-refractivity contribution in [3.05, 3.63) is 52.6 Å². The Bertz CT molecular complexity index is 568. The van der Waals surface area contributed by atoms with Gasteiger partial charge in [-0.3, -0.25) is 19.9 Å². The van der Waals surface area contributed by atoms with Gasteiger partial charge in [-0.2, -0.15) is 0 Å². The maximum atomic E-state index is 11.8. The van der Waals surface area contributed by atoms with Gasteiger partial charge in [0.25, 0.3) is 5.69 Å². The van der Waals surface area contributed by atoms with Crippen LogP contribution in [-0.2, 0) is 0 Å². The van der Waals surface area contributed by atoms with Crippen molar-refractivity contribution in [2.45, 2.75) is 4.90 Å². The molecule has 0 radical (unpaired) electrons. The lowest BCUT2D eigenvalue weighted by molar-refractivity contribution is -0.384. The molecule has 0 atom stereocenters. The molecule has 2 rings (SSSR count). The lowest BCUT2D eigenvalue weighted by Crippen LogP contribution is -2.02. The van der Waals surface area contributed by atoms with Gasteiger partial charge in [0.1, 0.15) is 0 Å². The fraction of sp³-hybridized carbons (Fsp3) is 0.0909. The molecule has 1 N–H and O–H groups in total. The number of hydrogen-bond acceptors (Lipinski definition) is 5. The van der Waals surface area contributed by atoms with Gasteiger partial charge in [-0.15, -0.1) is 11.8 Å². The van der Waals surface area contributed by atoms with Crippen LogP contribution >= 0.6 is 11.8 Å². The predicted octanol–water partition coefficient (Wildman–Crippen LogP) is 2.29. The SMILES string of the molecule is O=C(CSc1ccncc1)c1cc([N+](=O)[O-])c[nH]1. The number of Topliss-reactive ketones (excluding diaryl/α,β-unsaturated/α-hetero) is 1. The minimum absolute atomic E-state index is 0.104. The average Bonchev–Trinajstić information content (AvgIpc) is 2.87. The van der Waals surface area contributed by atoms with Crippen LogP contribution in [0, 0.1) is 10.1 Å². The van der Waals surface area contributed by atoms with E-state index in [2.05, 4.69) is 9.97 Å². The van der Waals surface area contributed by atoms with Gasteiger partial charge >= 0.3 is 0 Å². The maximum absolute atomic E-state index is 11.8. The molecule has 0 saturated carbocycles. The molecule has 2 aromatic rings. The predicted molar refractivity (Wildman–Crippen MR) is 66.7 cm³/mol. The van der Waals surface area contributed by atoms with Gasteiger partial charge in [-0.25, -0.2) is 0 Å². The molecule has 0 fully saturated rings. The Labute approximate surface area is 107 Å². The lowest BCUT2D eigenvalue weighted by Gasteiger charge is -1.98.